The Kier molecular flexibility index (Phi) is 3.45. The van der Waals surface area contributed by atoms with Gasteiger partial charge < -0.3 is 20.5 Å². The van der Waals surface area contributed by atoms with Crippen molar-refractivity contribution in [3.05, 3.63) is 52.9 Å². The number of ether oxygens (including phenoxy) is 2. The van der Waals surface area contributed by atoms with Gasteiger partial charge in [-0.25, -0.2) is 4.98 Å². The number of para-hydroxylation sites is 1. The van der Waals surface area contributed by atoms with E-state index in [0.29, 0.717) is 26.9 Å². The van der Waals surface area contributed by atoms with Crippen LogP contribution in [-0.2, 0) is 0 Å². The number of anilines is 2. The standard InChI is InChI=1S/C20H15N3O3S/c1-10-4-2-3-5-13(10)22-19(24)18-17(21)12-6-11-7-15-16(26-9-25-15)8-14(11)23-20(12)27-18/h2-8H,9,21H2,1H3,(H,22,24). The summed E-state index contributed by atoms with van der Waals surface area (Å²) in [6.07, 6.45) is 0. The number of nitrogens with zero attached hydrogens (tertiary/aromatic N) is 1. The van der Waals surface area contributed by atoms with Crippen LogP contribution in [0.2, 0.25) is 0 Å². The Labute approximate surface area is 158 Å². The number of benzene rings is 2. The second-order valence-corrected chi connectivity index (χ2v) is 7.35. The molecule has 0 saturated carbocycles. The summed E-state index contributed by atoms with van der Waals surface area (Å²) in [7, 11) is 0. The van der Waals surface area contributed by atoms with E-state index in [1.807, 2.05) is 49.4 Å². The molecule has 7 heteroatoms. The summed E-state index contributed by atoms with van der Waals surface area (Å²) < 4.78 is 10.8. The van der Waals surface area contributed by atoms with Gasteiger partial charge in [-0.05, 0) is 30.7 Å². The number of carbonyl (C=O) groups excluding carboxylic acids is 1. The summed E-state index contributed by atoms with van der Waals surface area (Å²) >= 11 is 1.29. The van der Waals surface area contributed by atoms with Crippen molar-refractivity contribution in [1.82, 2.24) is 4.98 Å². The number of hydrogen-bond donors (Lipinski definition) is 2. The molecule has 5 rings (SSSR count). The predicted molar refractivity (Wildman–Crippen MR) is 107 cm³/mol. The van der Waals surface area contributed by atoms with Gasteiger partial charge in [0, 0.05) is 22.5 Å². The number of aromatic nitrogens is 1. The molecule has 0 bridgehead atoms. The molecule has 0 fully saturated rings. The fourth-order valence-corrected chi connectivity index (χ4v) is 4.13. The first-order valence-corrected chi connectivity index (χ1v) is 9.21. The first kappa shape index (κ1) is 15.9. The van der Waals surface area contributed by atoms with E-state index in [1.54, 1.807) is 0 Å². The lowest BCUT2D eigenvalue weighted by molar-refractivity contribution is 0.103. The van der Waals surface area contributed by atoms with E-state index in [2.05, 4.69) is 10.3 Å². The number of hydrogen-bond acceptors (Lipinski definition) is 6. The van der Waals surface area contributed by atoms with Gasteiger partial charge >= 0.3 is 0 Å². The third-order valence-electron chi connectivity index (χ3n) is 4.61. The van der Waals surface area contributed by atoms with Crippen LogP contribution in [0.1, 0.15) is 15.2 Å². The van der Waals surface area contributed by atoms with E-state index in [0.717, 1.165) is 27.5 Å². The second-order valence-electron chi connectivity index (χ2n) is 6.35. The minimum atomic E-state index is -0.233. The molecule has 4 aromatic rings. The zero-order valence-corrected chi connectivity index (χ0v) is 15.2. The molecule has 3 heterocycles. The molecule has 0 atom stereocenters. The van der Waals surface area contributed by atoms with Crippen LogP contribution in [0.4, 0.5) is 11.4 Å². The molecule has 0 spiro atoms. The van der Waals surface area contributed by atoms with Crippen LogP contribution in [0.25, 0.3) is 21.1 Å². The summed E-state index contributed by atoms with van der Waals surface area (Å²) in [4.78, 5) is 18.6. The molecule has 1 aliphatic heterocycles. The lowest BCUT2D eigenvalue weighted by Crippen LogP contribution is -2.12. The smallest absolute Gasteiger partial charge is 0.267 e. The molecule has 0 aliphatic carbocycles. The lowest BCUT2D eigenvalue weighted by atomic mass is 10.1. The number of nitrogens with two attached hydrogens (primary N) is 1. The molecule has 0 saturated heterocycles. The molecule has 2 aromatic carbocycles. The van der Waals surface area contributed by atoms with E-state index in [-0.39, 0.29) is 12.7 Å². The highest BCUT2D eigenvalue weighted by molar-refractivity contribution is 7.21. The average Bonchev–Trinajstić information content (AvgIpc) is 3.24. The van der Waals surface area contributed by atoms with Gasteiger partial charge in [0.1, 0.15) is 9.71 Å². The molecule has 1 aliphatic rings. The number of pyridine rings is 1. The van der Waals surface area contributed by atoms with Gasteiger partial charge in [0.25, 0.3) is 5.91 Å². The van der Waals surface area contributed by atoms with Crippen LogP contribution in [0.15, 0.2) is 42.5 Å². The molecule has 134 valence electrons. The zero-order valence-electron chi connectivity index (χ0n) is 14.4. The van der Waals surface area contributed by atoms with Gasteiger partial charge in [-0.2, -0.15) is 0 Å². The van der Waals surface area contributed by atoms with Crippen LogP contribution < -0.4 is 20.5 Å². The van der Waals surface area contributed by atoms with Crippen LogP contribution in [0, 0.1) is 6.92 Å². The van der Waals surface area contributed by atoms with Crippen molar-refractivity contribution in [3.63, 3.8) is 0 Å². The first-order chi connectivity index (χ1) is 13.1. The molecular formula is C20H15N3O3S. The normalized spacial score (nSPS) is 12.6. The average molecular weight is 377 g/mol. The third-order valence-corrected chi connectivity index (χ3v) is 5.72. The van der Waals surface area contributed by atoms with Gasteiger partial charge in [0.15, 0.2) is 11.5 Å². The van der Waals surface area contributed by atoms with Crippen LogP contribution in [-0.4, -0.2) is 17.7 Å². The Hall–Kier alpha value is -3.32. The SMILES string of the molecule is Cc1ccccc1NC(=O)c1sc2nc3cc4c(cc3cc2c1N)OCO4. The summed E-state index contributed by atoms with van der Waals surface area (Å²) in [6.45, 7) is 2.16. The maximum atomic E-state index is 12.8. The van der Waals surface area contributed by atoms with Gasteiger partial charge in [0.2, 0.25) is 6.79 Å². The highest BCUT2D eigenvalue weighted by atomic mass is 32.1. The largest absolute Gasteiger partial charge is 0.454 e. The van der Waals surface area contributed by atoms with E-state index in [9.17, 15) is 4.79 Å². The summed E-state index contributed by atoms with van der Waals surface area (Å²) in [5, 5.41) is 4.59. The van der Waals surface area contributed by atoms with Crippen molar-refractivity contribution in [3.8, 4) is 11.5 Å². The van der Waals surface area contributed by atoms with Crippen molar-refractivity contribution >= 4 is 49.7 Å². The van der Waals surface area contributed by atoms with Gasteiger partial charge in [-0.15, -0.1) is 11.3 Å². The molecule has 0 unspecified atom stereocenters. The number of nitrogens with one attached hydrogen (secondary N) is 1. The fourth-order valence-electron chi connectivity index (χ4n) is 3.15. The Morgan fingerprint density at radius 2 is 1.96 bits per heavy atom. The molecule has 0 radical (unpaired) electrons. The second kappa shape index (κ2) is 5.85. The topological polar surface area (TPSA) is 86.5 Å². The molecule has 2 aromatic heterocycles. The maximum Gasteiger partial charge on any atom is 0.267 e. The van der Waals surface area contributed by atoms with Crippen molar-refractivity contribution in [1.29, 1.82) is 0 Å². The highest BCUT2D eigenvalue weighted by Gasteiger charge is 2.20. The third kappa shape index (κ3) is 2.55. The number of fused-ring (bicyclic) bond motifs is 3. The summed E-state index contributed by atoms with van der Waals surface area (Å²) in [5.74, 6) is 1.13. The van der Waals surface area contributed by atoms with E-state index in [1.165, 1.54) is 11.3 Å². The maximum absolute atomic E-state index is 12.8. The Morgan fingerprint density at radius 1 is 1.19 bits per heavy atom. The monoisotopic (exact) mass is 377 g/mol. The van der Waals surface area contributed by atoms with E-state index in [4.69, 9.17) is 15.2 Å². The number of thiophene rings is 1. The first-order valence-electron chi connectivity index (χ1n) is 8.39. The zero-order chi connectivity index (χ0) is 18.5. The highest BCUT2D eigenvalue weighted by Crippen LogP contribution is 2.39. The number of carbonyl (C=O) groups is 1. The number of aryl methyl sites for hydroxylation is 1. The minimum Gasteiger partial charge on any atom is -0.454 e. The van der Waals surface area contributed by atoms with Gasteiger partial charge in [-0.1, -0.05) is 18.2 Å². The Bertz CT molecular complexity index is 1230. The van der Waals surface area contributed by atoms with Gasteiger partial charge in [0.05, 0.1) is 11.2 Å². The van der Waals surface area contributed by atoms with Crippen LogP contribution >= 0.6 is 11.3 Å². The minimum absolute atomic E-state index is 0.214. The van der Waals surface area contributed by atoms with Crippen LogP contribution in [0.5, 0.6) is 11.5 Å². The van der Waals surface area contributed by atoms with Crippen molar-refractivity contribution in [2.75, 3.05) is 17.8 Å². The molecule has 27 heavy (non-hydrogen) atoms. The van der Waals surface area contributed by atoms with Crippen molar-refractivity contribution < 1.29 is 14.3 Å². The number of rotatable bonds is 2. The number of nitrogen functional groups attached to an aromatic ring is 1. The number of amides is 1. The fraction of sp³-hybridized carbons (Fsp3) is 0.100. The van der Waals surface area contributed by atoms with E-state index < -0.39 is 0 Å². The predicted octanol–water partition coefficient (Wildman–Crippen LogP) is 4.32. The van der Waals surface area contributed by atoms with Crippen molar-refractivity contribution in [2.24, 2.45) is 0 Å². The molecule has 6 nitrogen and oxygen atoms in total. The van der Waals surface area contributed by atoms with E-state index >= 15 is 0 Å². The summed E-state index contributed by atoms with van der Waals surface area (Å²) in [5.41, 5.74) is 9.26. The lowest BCUT2D eigenvalue weighted by Gasteiger charge is -2.07. The molecule has 1 amide bonds. The Morgan fingerprint density at radius 3 is 2.78 bits per heavy atom. The summed E-state index contributed by atoms with van der Waals surface area (Å²) in [6, 6.07) is 13.3. The Balaban J connectivity index is 1.59. The quantitative estimate of drug-likeness (QED) is 0.543. The molecule has 3 N–H and O–H groups in total. The van der Waals surface area contributed by atoms with Crippen LogP contribution in [0.3, 0.4) is 0 Å². The van der Waals surface area contributed by atoms with Crippen molar-refractivity contribution in [2.45, 2.75) is 6.92 Å². The van der Waals surface area contributed by atoms with Gasteiger partial charge in [-0.3, -0.25) is 4.79 Å². The molecular weight excluding hydrogens is 362 g/mol.